The van der Waals surface area contributed by atoms with Gasteiger partial charge in [-0.2, -0.15) is 0 Å². The van der Waals surface area contributed by atoms with E-state index in [9.17, 15) is 0 Å². The normalized spacial score (nSPS) is 24.4. The predicted molar refractivity (Wildman–Crippen MR) is 127 cm³/mol. The van der Waals surface area contributed by atoms with Crippen LogP contribution >= 0.6 is 34.4 Å². The lowest BCUT2D eigenvalue weighted by molar-refractivity contribution is 0.733. The molecule has 1 aromatic rings. The molecule has 140 valence electrons. The second kappa shape index (κ2) is 7.95. The maximum absolute atomic E-state index is 5.11. The highest BCUT2D eigenvalue weighted by atomic mass is 127. The lowest BCUT2D eigenvalue weighted by Crippen LogP contribution is -2.34. The average molecular weight is 489 g/mol. The van der Waals surface area contributed by atoms with E-state index in [0.717, 1.165) is 25.3 Å². The SMILES string of the molecule is CCN=C1C=C2Sc3cc(N(CC)CC)ccc3N=C2C2C=C(I)C=CC12. The molecule has 2 atom stereocenters. The summed E-state index contributed by atoms with van der Waals surface area (Å²) in [6.07, 6.45) is 9.10. The smallest absolute Gasteiger partial charge is 0.0774 e. The summed E-state index contributed by atoms with van der Waals surface area (Å²) >= 11 is 4.25. The maximum atomic E-state index is 5.11. The van der Waals surface area contributed by atoms with Gasteiger partial charge in [0.15, 0.2) is 0 Å². The van der Waals surface area contributed by atoms with E-state index in [2.05, 4.69) is 90.8 Å². The topological polar surface area (TPSA) is 28.0 Å². The van der Waals surface area contributed by atoms with Crippen LogP contribution in [0.4, 0.5) is 11.4 Å². The molecule has 1 heterocycles. The number of benzene rings is 1. The number of hydrogen-bond acceptors (Lipinski definition) is 4. The Morgan fingerprint density at radius 1 is 1.19 bits per heavy atom. The number of halogens is 1. The number of nitrogens with zero attached hydrogens (tertiary/aromatic N) is 3. The van der Waals surface area contributed by atoms with Crippen LogP contribution in [0.15, 0.2) is 65.9 Å². The second-order valence-electron chi connectivity index (χ2n) is 6.79. The van der Waals surface area contributed by atoms with Crippen molar-refractivity contribution in [2.75, 3.05) is 24.5 Å². The van der Waals surface area contributed by atoms with Crippen molar-refractivity contribution < 1.29 is 0 Å². The molecular weight excluding hydrogens is 465 g/mol. The highest BCUT2D eigenvalue weighted by molar-refractivity contribution is 14.1. The second-order valence-corrected chi connectivity index (χ2v) is 9.12. The van der Waals surface area contributed by atoms with Crippen molar-refractivity contribution in [3.05, 3.63) is 51.0 Å². The quantitative estimate of drug-likeness (QED) is 0.472. The lowest BCUT2D eigenvalue weighted by Gasteiger charge is -2.34. The van der Waals surface area contributed by atoms with Crippen LogP contribution in [0.5, 0.6) is 0 Å². The first-order valence-corrected chi connectivity index (χ1v) is 11.5. The summed E-state index contributed by atoms with van der Waals surface area (Å²) in [6.45, 7) is 9.36. The van der Waals surface area contributed by atoms with Gasteiger partial charge in [0.05, 0.1) is 11.4 Å². The van der Waals surface area contributed by atoms with Crippen molar-refractivity contribution in [2.24, 2.45) is 21.8 Å². The van der Waals surface area contributed by atoms with Crippen LogP contribution in [0.1, 0.15) is 20.8 Å². The molecule has 0 fully saturated rings. The summed E-state index contributed by atoms with van der Waals surface area (Å²) in [7, 11) is 0. The minimum absolute atomic E-state index is 0.287. The fourth-order valence-corrected chi connectivity index (χ4v) is 5.60. The third-order valence-corrected chi connectivity index (χ3v) is 7.06. The van der Waals surface area contributed by atoms with Gasteiger partial charge in [0.25, 0.3) is 0 Å². The predicted octanol–water partition coefficient (Wildman–Crippen LogP) is 6.19. The van der Waals surface area contributed by atoms with Crippen LogP contribution in [0.3, 0.4) is 0 Å². The van der Waals surface area contributed by atoms with Crippen LogP contribution < -0.4 is 4.90 Å². The Balaban J connectivity index is 1.79. The minimum atomic E-state index is 0.287. The van der Waals surface area contributed by atoms with Crippen molar-refractivity contribution in [1.29, 1.82) is 0 Å². The lowest BCUT2D eigenvalue weighted by atomic mass is 9.77. The average Bonchev–Trinajstić information content (AvgIpc) is 2.68. The number of thioether (sulfide) groups is 1. The van der Waals surface area contributed by atoms with Gasteiger partial charge in [-0.25, -0.2) is 0 Å². The summed E-state index contributed by atoms with van der Waals surface area (Å²) in [6, 6.07) is 6.67. The highest BCUT2D eigenvalue weighted by Gasteiger charge is 2.36. The molecule has 1 aromatic carbocycles. The number of anilines is 1. The van der Waals surface area contributed by atoms with E-state index in [4.69, 9.17) is 9.98 Å². The molecule has 0 aromatic heterocycles. The molecule has 27 heavy (non-hydrogen) atoms. The zero-order valence-corrected chi connectivity index (χ0v) is 18.9. The Kier molecular flexibility index (Phi) is 5.60. The Bertz CT molecular complexity index is 906. The molecule has 0 saturated heterocycles. The first kappa shape index (κ1) is 19.0. The van der Waals surface area contributed by atoms with Crippen molar-refractivity contribution in [3.63, 3.8) is 0 Å². The van der Waals surface area contributed by atoms with Crippen molar-refractivity contribution >= 4 is 57.2 Å². The van der Waals surface area contributed by atoms with Gasteiger partial charge in [0.2, 0.25) is 0 Å². The molecule has 3 nitrogen and oxygen atoms in total. The molecule has 0 saturated carbocycles. The number of rotatable bonds is 4. The molecule has 2 unspecified atom stereocenters. The highest BCUT2D eigenvalue weighted by Crippen LogP contribution is 2.47. The molecule has 0 amide bonds. The van der Waals surface area contributed by atoms with Gasteiger partial charge in [-0.15, -0.1) is 0 Å². The standard InChI is InChI=1S/C22H24IN3S/c1-4-24-19-13-21-22(17-11-14(23)7-9-16(17)19)25-18-10-8-15(12-20(18)27-21)26(5-2)6-3/h7-13,16-17H,4-6H2,1-3H3. The summed E-state index contributed by atoms with van der Waals surface area (Å²) in [4.78, 5) is 14.8. The number of allylic oxidation sites excluding steroid dienone is 6. The van der Waals surface area contributed by atoms with E-state index >= 15 is 0 Å². The fraction of sp³-hybridized carbons (Fsp3) is 0.364. The van der Waals surface area contributed by atoms with E-state index in [1.807, 2.05) is 11.8 Å². The minimum Gasteiger partial charge on any atom is -0.372 e. The summed E-state index contributed by atoms with van der Waals surface area (Å²) in [5.41, 5.74) is 4.75. The molecule has 0 bridgehead atoms. The van der Waals surface area contributed by atoms with Crippen LogP contribution in [0.2, 0.25) is 0 Å². The Morgan fingerprint density at radius 3 is 2.74 bits per heavy atom. The first-order chi connectivity index (χ1) is 13.1. The van der Waals surface area contributed by atoms with E-state index in [-0.39, 0.29) is 5.92 Å². The molecule has 5 heteroatoms. The molecule has 0 N–H and O–H groups in total. The number of aliphatic imine (C=N–C) groups is 2. The van der Waals surface area contributed by atoms with Crippen LogP contribution in [0, 0.1) is 11.8 Å². The van der Waals surface area contributed by atoms with Crippen LogP contribution in [-0.4, -0.2) is 31.1 Å². The number of fused-ring (bicyclic) bond motifs is 4. The van der Waals surface area contributed by atoms with Gasteiger partial charge in [-0.05, 0) is 67.6 Å². The van der Waals surface area contributed by atoms with E-state index < -0.39 is 0 Å². The van der Waals surface area contributed by atoms with Crippen LogP contribution in [-0.2, 0) is 0 Å². The van der Waals surface area contributed by atoms with Crippen LogP contribution in [0.25, 0.3) is 0 Å². The Hall–Kier alpha value is -1.34. The van der Waals surface area contributed by atoms with Gasteiger partial charge >= 0.3 is 0 Å². The Morgan fingerprint density at radius 2 is 2.00 bits per heavy atom. The molecule has 0 spiro atoms. The monoisotopic (exact) mass is 489 g/mol. The first-order valence-electron chi connectivity index (χ1n) is 9.62. The number of hydrogen-bond donors (Lipinski definition) is 0. The van der Waals surface area contributed by atoms with E-state index in [1.165, 1.54) is 30.5 Å². The van der Waals surface area contributed by atoms with Crippen molar-refractivity contribution in [1.82, 2.24) is 0 Å². The summed E-state index contributed by atoms with van der Waals surface area (Å²) in [5.74, 6) is 0.596. The van der Waals surface area contributed by atoms with Gasteiger partial charge in [-0.1, -0.05) is 30.0 Å². The van der Waals surface area contributed by atoms with Gasteiger partial charge in [0.1, 0.15) is 0 Å². The van der Waals surface area contributed by atoms with Gasteiger partial charge < -0.3 is 4.90 Å². The molecule has 2 aliphatic carbocycles. The Labute approximate surface area is 179 Å². The zero-order chi connectivity index (χ0) is 19.0. The van der Waals surface area contributed by atoms with Crippen molar-refractivity contribution in [3.8, 4) is 0 Å². The molecule has 0 radical (unpaired) electrons. The van der Waals surface area contributed by atoms with Gasteiger partial charge in [-0.3, -0.25) is 9.98 Å². The van der Waals surface area contributed by atoms with Gasteiger partial charge in [0, 0.05) is 56.2 Å². The molecular formula is C22H24IN3S. The largest absolute Gasteiger partial charge is 0.372 e. The molecule has 4 rings (SSSR count). The van der Waals surface area contributed by atoms with E-state index in [1.54, 1.807) is 0 Å². The maximum Gasteiger partial charge on any atom is 0.0774 e. The molecule has 3 aliphatic rings. The fourth-order valence-electron chi connectivity index (χ4n) is 3.90. The summed E-state index contributed by atoms with van der Waals surface area (Å²) < 4.78 is 1.28. The molecule has 1 aliphatic heterocycles. The zero-order valence-electron chi connectivity index (χ0n) is 15.9. The third kappa shape index (κ3) is 3.56. The van der Waals surface area contributed by atoms with Crippen molar-refractivity contribution in [2.45, 2.75) is 25.7 Å². The summed E-state index contributed by atoms with van der Waals surface area (Å²) in [5, 5.41) is 0. The third-order valence-electron chi connectivity index (χ3n) is 5.25. The van der Waals surface area contributed by atoms with E-state index in [0.29, 0.717) is 5.92 Å².